The number of hydrogen-bond donors (Lipinski definition) is 0. The molecule has 0 aliphatic rings. The van der Waals surface area contributed by atoms with E-state index < -0.39 is 0 Å². The van der Waals surface area contributed by atoms with E-state index in [1.54, 1.807) is 0 Å². The Hall–Kier alpha value is -1.43. The highest BCUT2D eigenvalue weighted by atomic mass is 14.0. The highest BCUT2D eigenvalue weighted by Gasteiger charge is 2.03. The van der Waals surface area contributed by atoms with Crippen LogP contribution in [0.1, 0.15) is 0 Å². The van der Waals surface area contributed by atoms with Gasteiger partial charge in [0.2, 0.25) is 0 Å². The standard InChI is InChI=1S/C15H18B2/c1-16-14-8-4-12(5-9-14)13-6-10-15(11-7-13)17(2)3/h4-11,16H,1-3H3. The van der Waals surface area contributed by atoms with Crippen LogP contribution >= 0.6 is 0 Å². The molecule has 2 rings (SSSR count). The second-order valence-corrected chi connectivity index (χ2v) is 4.83. The molecule has 2 aromatic rings. The molecule has 0 amide bonds. The summed E-state index contributed by atoms with van der Waals surface area (Å²) in [5.41, 5.74) is 5.40. The summed E-state index contributed by atoms with van der Waals surface area (Å²) in [6.45, 7) is 7.24. The maximum Gasteiger partial charge on any atom is 0.169 e. The molecule has 0 bridgehead atoms. The lowest BCUT2D eigenvalue weighted by Crippen LogP contribution is -2.21. The second kappa shape index (κ2) is 5.27. The van der Waals surface area contributed by atoms with Crippen molar-refractivity contribution in [2.45, 2.75) is 20.5 Å². The van der Waals surface area contributed by atoms with Crippen molar-refractivity contribution in [1.29, 1.82) is 0 Å². The third-order valence-corrected chi connectivity index (χ3v) is 3.27. The third-order valence-electron chi connectivity index (χ3n) is 3.27. The van der Waals surface area contributed by atoms with Gasteiger partial charge in [0, 0.05) is 0 Å². The van der Waals surface area contributed by atoms with Gasteiger partial charge < -0.3 is 0 Å². The van der Waals surface area contributed by atoms with Gasteiger partial charge in [-0.15, -0.1) is 0 Å². The maximum absolute atomic E-state index is 2.23. The summed E-state index contributed by atoms with van der Waals surface area (Å²) in [6.07, 6.45) is 0. The molecule has 0 atom stereocenters. The molecule has 0 unspecified atom stereocenters. The molecule has 0 aliphatic heterocycles. The first kappa shape index (κ1) is 12.0. The lowest BCUT2D eigenvalue weighted by Gasteiger charge is -2.06. The van der Waals surface area contributed by atoms with E-state index in [9.17, 15) is 0 Å². The first-order valence-electron chi connectivity index (χ1n) is 6.40. The monoisotopic (exact) mass is 220 g/mol. The van der Waals surface area contributed by atoms with Crippen LogP contribution < -0.4 is 10.9 Å². The Morgan fingerprint density at radius 2 is 1.24 bits per heavy atom. The fraction of sp³-hybridized carbons (Fsp3) is 0.200. The SMILES string of the molecule is CBc1ccc(-c2ccc(B(C)C)cc2)cc1. The Balaban J connectivity index is 2.26. The van der Waals surface area contributed by atoms with Crippen LogP contribution in [0.3, 0.4) is 0 Å². The zero-order valence-corrected chi connectivity index (χ0v) is 10.9. The zero-order chi connectivity index (χ0) is 12.3. The quantitative estimate of drug-likeness (QED) is 0.696. The molecule has 17 heavy (non-hydrogen) atoms. The van der Waals surface area contributed by atoms with E-state index in [1.807, 2.05) is 0 Å². The van der Waals surface area contributed by atoms with Crippen molar-refractivity contribution in [3.63, 3.8) is 0 Å². The van der Waals surface area contributed by atoms with E-state index in [-0.39, 0.29) is 0 Å². The number of benzene rings is 2. The molecular formula is C15H18B2. The fourth-order valence-electron chi connectivity index (χ4n) is 1.99. The minimum absolute atomic E-state index is 0.603. The number of rotatable bonds is 3. The van der Waals surface area contributed by atoms with Gasteiger partial charge in [-0.2, -0.15) is 0 Å². The van der Waals surface area contributed by atoms with Crippen molar-refractivity contribution in [2.75, 3.05) is 0 Å². The molecule has 0 spiro atoms. The van der Waals surface area contributed by atoms with Gasteiger partial charge >= 0.3 is 0 Å². The van der Waals surface area contributed by atoms with Gasteiger partial charge in [-0.05, 0) is 11.1 Å². The highest BCUT2D eigenvalue weighted by molar-refractivity contribution is 6.70. The third kappa shape index (κ3) is 2.82. The van der Waals surface area contributed by atoms with Crippen LogP contribution in [0, 0.1) is 0 Å². The summed E-state index contributed by atoms with van der Waals surface area (Å²) >= 11 is 0. The molecular weight excluding hydrogens is 202 g/mol. The van der Waals surface area contributed by atoms with Crippen molar-refractivity contribution in [3.05, 3.63) is 48.5 Å². The molecule has 0 N–H and O–H groups in total. The summed E-state index contributed by atoms with van der Waals surface area (Å²) in [5, 5.41) is 0. The lowest BCUT2D eigenvalue weighted by molar-refractivity contribution is 1.65. The van der Waals surface area contributed by atoms with Gasteiger partial charge in [0.1, 0.15) is 0 Å². The summed E-state index contributed by atoms with van der Waals surface area (Å²) < 4.78 is 0. The maximum atomic E-state index is 2.23. The van der Waals surface area contributed by atoms with Gasteiger partial charge in [0.25, 0.3) is 0 Å². The van der Waals surface area contributed by atoms with E-state index in [2.05, 4.69) is 69.0 Å². The van der Waals surface area contributed by atoms with Crippen LogP contribution in [0.5, 0.6) is 0 Å². The van der Waals surface area contributed by atoms with Crippen LogP contribution in [0.25, 0.3) is 11.1 Å². The topological polar surface area (TPSA) is 0 Å². The zero-order valence-electron chi connectivity index (χ0n) is 10.9. The highest BCUT2D eigenvalue weighted by Crippen LogP contribution is 2.16. The minimum atomic E-state index is 0.603. The van der Waals surface area contributed by atoms with E-state index in [0.717, 1.165) is 7.28 Å². The average molecular weight is 220 g/mol. The van der Waals surface area contributed by atoms with Crippen LogP contribution in [0.2, 0.25) is 20.5 Å². The predicted molar refractivity (Wildman–Crippen MR) is 81.6 cm³/mol. The summed E-state index contributed by atoms with van der Waals surface area (Å²) in [4.78, 5) is 0. The minimum Gasteiger partial charge on any atom is -0.0849 e. The fourth-order valence-corrected chi connectivity index (χ4v) is 1.99. The van der Waals surface area contributed by atoms with Crippen molar-refractivity contribution in [2.24, 2.45) is 0 Å². The van der Waals surface area contributed by atoms with Crippen molar-refractivity contribution < 1.29 is 0 Å². The molecule has 0 saturated carbocycles. The Morgan fingerprint density at radius 1 is 0.765 bits per heavy atom. The van der Waals surface area contributed by atoms with Gasteiger partial charge in [-0.1, -0.05) is 79.9 Å². The Bertz CT molecular complexity index is 469. The first-order valence-corrected chi connectivity index (χ1v) is 6.40. The van der Waals surface area contributed by atoms with Crippen molar-refractivity contribution >= 4 is 24.9 Å². The van der Waals surface area contributed by atoms with Crippen LogP contribution in [0.4, 0.5) is 0 Å². The molecule has 0 aromatic heterocycles. The largest absolute Gasteiger partial charge is 0.169 e. The van der Waals surface area contributed by atoms with E-state index in [4.69, 9.17) is 0 Å². The predicted octanol–water partition coefficient (Wildman–Crippen LogP) is 2.42. The Labute approximate surface area is 105 Å². The van der Waals surface area contributed by atoms with Crippen LogP contribution in [-0.4, -0.2) is 14.0 Å². The number of hydrogen-bond acceptors (Lipinski definition) is 0. The molecule has 0 aliphatic carbocycles. The van der Waals surface area contributed by atoms with Crippen LogP contribution in [0.15, 0.2) is 48.5 Å². The molecule has 0 saturated heterocycles. The van der Waals surface area contributed by atoms with E-state index >= 15 is 0 Å². The summed E-state index contributed by atoms with van der Waals surface area (Å²) in [5.74, 6) is 0. The van der Waals surface area contributed by atoms with Gasteiger partial charge in [0.05, 0.1) is 0 Å². The van der Waals surface area contributed by atoms with E-state index in [0.29, 0.717) is 6.71 Å². The van der Waals surface area contributed by atoms with Gasteiger partial charge in [-0.3, -0.25) is 0 Å². The molecule has 0 radical (unpaired) electrons. The second-order valence-electron chi connectivity index (χ2n) is 4.83. The normalized spacial score (nSPS) is 10.1. The van der Waals surface area contributed by atoms with Crippen molar-refractivity contribution in [3.8, 4) is 11.1 Å². The smallest absolute Gasteiger partial charge is 0.0849 e. The summed E-state index contributed by atoms with van der Waals surface area (Å²) in [6, 6.07) is 17.7. The Morgan fingerprint density at radius 3 is 1.65 bits per heavy atom. The Kier molecular flexibility index (Phi) is 3.73. The van der Waals surface area contributed by atoms with E-state index in [1.165, 1.54) is 22.1 Å². The molecule has 2 aromatic carbocycles. The van der Waals surface area contributed by atoms with Gasteiger partial charge in [0.15, 0.2) is 14.0 Å². The van der Waals surface area contributed by atoms with Crippen LogP contribution in [-0.2, 0) is 0 Å². The van der Waals surface area contributed by atoms with Crippen molar-refractivity contribution in [1.82, 2.24) is 0 Å². The average Bonchev–Trinajstić information content (AvgIpc) is 2.39. The molecule has 0 fully saturated rings. The molecule has 84 valence electrons. The molecule has 0 heterocycles. The lowest BCUT2D eigenvalue weighted by atomic mass is 9.49. The summed E-state index contributed by atoms with van der Waals surface area (Å²) in [7, 11) is 1.10. The molecule has 2 heteroatoms. The first-order chi connectivity index (χ1) is 8.20. The molecule has 0 nitrogen and oxygen atoms in total. The van der Waals surface area contributed by atoms with Gasteiger partial charge in [-0.25, -0.2) is 0 Å².